The maximum atomic E-state index is 11.9. The number of thiazole rings is 1. The molecule has 0 bridgehead atoms. The third kappa shape index (κ3) is 2.52. The first kappa shape index (κ1) is 11.8. The van der Waals surface area contributed by atoms with Crippen LogP contribution in [0.5, 0.6) is 5.75 Å². The minimum atomic E-state index is -0.187. The molecule has 0 amide bonds. The molecule has 2 aromatic rings. The summed E-state index contributed by atoms with van der Waals surface area (Å²) in [4.78, 5) is 20.2. The minimum absolute atomic E-state index is 0.187. The summed E-state index contributed by atoms with van der Waals surface area (Å²) in [5.41, 5.74) is 0.692. The number of hydrogen-bond acceptors (Lipinski definition) is 5. The van der Waals surface area contributed by atoms with E-state index in [0.29, 0.717) is 6.54 Å². The van der Waals surface area contributed by atoms with Gasteiger partial charge in [-0.3, -0.25) is 9.36 Å². The van der Waals surface area contributed by atoms with Crippen LogP contribution in [0.1, 0.15) is 17.6 Å². The highest BCUT2D eigenvalue weighted by Gasteiger charge is 2.06. The van der Waals surface area contributed by atoms with E-state index in [1.54, 1.807) is 11.3 Å². The van der Waals surface area contributed by atoms with Gasteiger partial charge in [-0.2, -0.15) is 0 Å². The summed E-state index contributed by atoms with van der Waals surface area (Å²) in [7, 11) is 1.46. The second kappa shape index (κ2) is 5.09. The third-order valence-electron chi connectivity index (χ3n) is 2.32. The fraction of sp³-hybridized carbons (Fsp3) is 0.364. The highest BCUT2D eigenvalue weighted by Crippen LogP contribution is 2.11. The normalized spacial score (nSPS) is 10.5. The summed E-state index contributed by atoms with van der Waals surface area (Å²) < 4.78 is 6.43. The molecule has 0 saturated carbocycles. The first-order chi connectivity index (χ1) is 8.24. The van der Waals surface area contributed by atoms with E-state index in [1.807, 2.05) is 5.38 Å². The molecule has 0 unspecified atom stereocenters. The number of aryl methyl sites for hydroxylation is 1. The van der Waals surface area contributed by atoms with Gasteiger partial charge in [-0.15, -0.1) is 11.3 Å². The van der Waals surface area contributed by atoms with Crippen LogP contribution in [0, 0.1) is 0 Å². The van der Waals surface area contributed by atoms with E-state index in [9.17, 15) is 4.79 Å². The van der Waals surface area contributed by atoms with Crippen molar-refractivity contribution in [3.05, 3.63) is 39.0 Å². The SMILES string of the molecule is CCc1nc(Cn2cncc(OC)c2=O)cs1. The Kier molecular flexibility index (Phi) is 3.53. The molecule has 0 aromatic carbocycles. The number of ether oxygens (including phenoxy) is 1. The van der Waals surface area contributed by atoms with Crippen molar-refractivity contribution >= 4 is 11.3 Å². The van der Waals surface area contributed by atoms with Crippen LogP contribution >= 0.6 is 11.3 Å². The van der Waals surface area contributed by atoms with E-state index in [4.69, 9.17) is 4.74 Å². The smallest absolute Gasteiger partial charge is 0.296 e. The van der Waals surface area contributed by atoms with Crippen molar-refractivity contribution in [2.75, 3.05) is 7.11 Å². The number of rotatable bonds is 4. The Morgan fingerprint density at radius 3 is 3.00 bits per heavy atom. The zero-order valence-corrected chi connectivity index (χ0v) is 10.5. The topological polar surface area (TPSA) is 57.0 Å². The summed E-state index contributed by atoms with van der Waals surface area (Å²) >= 11 is 1.61. The molecule has 0 fully saturated rings. The maximum Gasteiger partial charge on any atom is 0.296 e. The fourth-order valence-corrected chi connectivity index (χ4v) is 2.18. The van der Waals surface area contributed by atoms with Crippen LogP contribution in [-0.4, -0.2) is 21.6 Å². The molecule has 0 N–H and O–H groups in total. The molecule has 0 spiro atoms. The van der Waals surface area contributed by atoms with Gasteiger partial charge >= 0.3 is 0 Å². The molecule has 2 heterocycles. The van der Waals surface area contributed by atoms with Crippen LogP contribution in [0.3, 0.4) is 0 Å². The van der Waals surface area contributed by atoms with Crippen molar-refractivity contribution in [1.82, 2.24) is 14.5 Å². The van der Waals surface area contributed by atoms with E-state index in [1.165, 1.54) is 24.2 Å². The summed E-state index contributed by atoms with van der Waals surface area (Å²) in [6, 6.07) is 0. The first-order valence-corrected chi connectivity index (χ1v) is 6.14. The van der Waals surface area contributed by atoms with Crippen molar-refractivity contribution in [2.45, 2.75) is 19.9 Å². The molecule has 0 saturated heterocycles. The Labute approximate surface area is 103 Å². The van der Waals surface area contributed by atoms with Crippen LogP contribution in [0.4, 0.5) is 0 Å². The lowest BCUT2D eigenvalue weighted by Gasteiger charge is -2.04. The van der Waals surface area contributed by atoms with Crippen LogP contribution in [-0.2, 0) is 13.0 Å². The van der Waals surface area contributed by atoms with Crippen molar-refractivity contribution in [3.63, 3.8) is 0 Å². The largest absolute Gasteiger partial charge is 0.490 e. The zero-order chi connectivity index (χ0) is 12.3. The molecule has 0 aliphatic rings. The first-order valence-electron chi connectivity index (χ1n) is 5.26. The molecule has 2 rings (SSSR count). The number of methoxy groups -OCH3 is 1. The minimum Gasteiger partial charge on any atom is -0.490 e. The Morgan fingerprint density at radius 2 is 2.35 bits per heavy atom. The van der Waals surface area contributed by atoms with Gasteiger partial charge in [0.05, 0.1) is 36.9 Å². The lowest BCUT2D eigenvalue weighted by molar-refractivity contribution is 0.400. The number of nitrogens with zero attached hydrogens (tertiary/aromatic N) is 3. The molecular formula is C11H13N3O2S. The molecule has 0 atom stereocenters. The molecular weight excluding hydrogens is 238 g/mol. The third-order valence-corrected chi connectivity index (χ3v) is 3.37. The Morgan fingerprint density at radius 1 is 1.53 bits per heavy atom. The van der Waals surface area contributed by atoms with Gasteiger partial charge in [0.15, 0.2) is 0 Å². The summed E-state index contributed by atoms with van der Waals surface area (Å²) in [5, 5.41) is 3.04. The Hall–Kier alpha value is -1.69. The highest BCUT2D eigenvalue weighted by molar-refractivity contribution is 7.09. The van der Waals surface area contributed by atoms with Crippen LogP contribution in [0.15, 0.2) is 22.7 Å². The van der Waals surface area contributed by atoms with Gasteiger partial charge in [0, 0.05) is 5.38 Å². The quantitative estimate of drug-likeness (QED) is 0.822. The number of aromatic nitrogens is 3. The fourth-order valence-electron chi connectivity index (χ4n) is 1.44. The number of hydrogen-bond donors (Lipinski definition) is 0. The summed E-state index contributed by atoms with van der Waals surface area (Å²) in [6.45, 7) is 2.49. The van der Waals surface area contributed by atoms with Crippen LogP contribution in [0.25, 0.3) is 0 Å². The van der Waals surface area contributed by atoms with Crippen molar-refractivity contribution in [1.29, 1.82) is 0 Å². The van der Waals surface area contributed by atoms with Gasteiger partial charge in [-0.1, -0.05) is 6.92 Å². The molecule has 0 aliphatic heterocycles. The highest BCUT2D eigenvalue weighted by atomic mass is 32.1. The monoisotopic (exact) mass is 251 g/mol. The van der Waals surface area contributed by atoms with Crippen LogP contribution < -0.4 is 10.3 Å². The predicted molar refractivity (Wildman–Crippen MR) is 65.6 cm³/mol. The molecule has 6 heteroatoms. The Bertz CT molecular complexity index is 562. The summed E-state index contributed by atoms with van der Waals surface area (Å²) in [6.07, 6.45) is 3.82. The lowest BCUT2D eigenvalue weighted by atomic mass is 10.4. The average Bonchev–Trinajstić information content (AvgIpc) is 2.79. The van der Waals surface area contributed by atoms with Crippen molar-refractivity contribution in [2.24, 2.45) is 0 Å². The van der Waals surface area contributed by atoms with E-state index < -0.39 is 0 Å². The lowest BCUT2D eigenvalue weighted by Crippen LogP contribution is -2.22. The van der Waals surface area contributed by atoms with Gasteiger partial charge < -0.3 is 4.74 Å². The van der Waals surface area contributed by atoms with E-state index in [0.717, 1.165) is 17.1 Å². The van der Waals surface area contributed by atoms with Crippen LogP contribution in [0.2, 0.25) is 0 Å². The summed E-state index contributed by atoms with van der Waals surface area (Å²) in [5.74, 6) is 0.249. The van der Waals surface area contributed by atoms with Crippen molar-refractivity contribution in [3.8, 4) is 5.75 Å². The predicted octanol–water partition coefficient (Wildman–Crippen LogP) is 1.32. The average molecular weight is 251 g/mol. The molecule has 5 nitrogen and oxygen atoms in total. The maximum absolute atomic E-state index is 11.9. The Balaban J connectivity index is 2.27. The molecule has 90 valence electrons. The molecule has 2 aromatic heterocycles. The van der Waals surface area contributed by atoms with Crippen molar-refractivity contribution < 1.29 is 4.74 Å². The zero-order valence-electron chi connectivity index (χ0n) is 9.71. The molecule has 0 radical (unpaired) electrons. The second-order valence-corrected chi connectivity index (χ2v) is 4.42. The van der Waals surface area contributed by atoms with E-state index in [-0.39, 0.29) is 11.3 Å². The van der Waals surface area contributed by atoms with Gasteiger partial charge in [0.25, 0.3) is 5.56 Å². The standard InChI is InChI=1S/C11H13N3O2S/c1-3-10-13-8(6-17-10)5-14-7-12-4-9(16-2)11(14)15/h4,6-7H,3,5H2,1-2H3. The van der Waals surface area contributed by atoms with Gasteiger partial charge in [0.1, 0.15) is 0 Å². The van der Waals surface area contributed by atoms with E-state index in [2.05, 4.69) is 16.9 Å². The van der Waals surface area contributed by atoms with Gasteiger partial charge in [0.2, 0.25) is 5.75 Å². The van der Waals surface area contributed by atoms with Gasteiger partial charge in [-0.25, -0.2) is 9.97 Å². The molecule has 17 heavy (non-hydrogen) atoms. The van der Waals surface area contributed by atoms with Gasteiger partial charge in [-0.05, 0) is 6.42 Å². The molecule has 0 aliphatic carbocycles. The second-order valence-electron chi connectivity index (χ2n) is 3.48. The van der Waals surface area contributed by atoms with E-state index >= 15 is 0 Å².